The summed E-state index contributed by atoms with van der Waals surface area (Å²) in [5.74, 6) is 2.90. The van der Waals surface area contributed by atoms with Crippen molar-refractivity contribution in [3.8, 4) is 0 Å². The van der Waals surface area contributed by atoms with Gasteiger partial charge in [-0.3, -0.25) is 9.48 Å². The first kappa shape index (κ1) is 18.6. The number of aromatic nitrogens is 4. The summed E-state index contributed by atoms with van der Waals surface area (Å²) in [5, 5.41) is 11.6. The molecule has 4 fully saturated rings. The number of halogens is 1. The van der Waals surface area contributed by atoms with Gasteiger partial charge in [0.2, 0.25) is 0 Å². The second-order valence-corrected chi connectivity index (χ2v) is 10.3. The third-order valence-electron chi connectivity index (χ3n) is 7.04. The van der Waals surface area contributed by atoms with Crippen molar-refractivity contribution >= 4 is 28.5 Å². The van der Waals surface area contributed by atoms with E-state index < -0.39 is 0 Å². The van der Waals surface area contributed by atoms with Gasteiger partial charge < -0.3 is 9.84 Å². The minimum Gasteiger partial charge on any atom is -0.347 e. The Balaban J connectivity index is 1.22. The van der Waals surface area contributed by atoms with Crippen LogP contribution in [0.1, 0.15) is 66.4 Å². The van der Waals surface area contributed by atoms with Gasteiger partial charge in [0.05, 0.1) is 9.26 Å². The zero-order valence-electron chi connectivity index (χ0n) is 16.4. The summed E-state index contributed by atoms with van der Waals surface area (Å²) in [4.78, 5) is 16.9. The van der Waals surface area contributed by atoms with E-state index in [4.69, 9.17) is 4.52 Å². The normalized spacial score (nSPS) is 30.8. The lowest BCUT2D eigenvalue weighted by Crippen LogP contribution is -2.51. The first-order valence-corrected chi connectivity index (χ1v) is 11.3. The lowest BCUT2D eigenvalue weighted by Gasteiger charge is -2.56. The molecule has 2 heterocycles. The summed E-state index contributed by atoms with van der Waals surface area (Å²) in [6.07, 6.45) is 8.03. The first-order chi connectivity index (χ1) is 13.4. The highest BCUT2D eigenvalue weighted by Crippen LogP contribution is 2.59. The number of carbonyl (C=O) groups excluding carboxylic acids is 1. The molecular formula is C20H26IN5O2. The van der Waals surface area contributed by atoms with Crippen LogP contribution in [-0.4, -0.2) is 32.4 Å². The smallest absolute Gasteiger partial charge is 0.316 e. The molecule has 7 nitrogen and oxygen atoms in total. The molecule has 6 rings (SSSR count). The maximum atomic E-state index is 12.6. The summed E-state index contributed by atoms with van der Waals surface area (Å²) in [6.45, 7) is 5.13. The Morgan fingerprint density at radius 1 is 1.21 bits per heavy atom. The van der Waals surface area contributed by atoms with Crippen LogP contribution in [0.15, 0.2) is 4.52 Å². The number of hydrogen-bond acceptors (Lipinski definition) is 5. The number of hydrogen-bond donors (Lipinski definition) is 1. The van der Waals surface area contributed by atoms with Crippen molar-refractivity contribution in [2.24, 2.45) is 23.2 Å². The number of amides is 1. The van der Waals surface area contributed by atoms with Crippen molar-refractivity contribution in [3.05, 3.63) is 26.7 Å². The lowest BCUT2D eigenvalue weighted by atomic mass is 9.49. The lowest BCUT2D eigenvalue weighted by molar-refractivity contribution is -0.0504. The molecule has 28 heavy (non-hydrogen) atoms. The SMILES string of the molecule is Cc1nn(Cc2noc(C(=O)NCC34CC5CC(CC(C5)C3)C4)n2)c(C)c1I. The molecule has 0 aromatic carbocycles. The highest BCUT2D eigenvalue weighted by molar-refractivity contribution is 14.1. The van der Waals surface area contributed by atoms with Gasteiger partial charge in [-0.1, -0.05) is 5.16 Å². The number of nitrogens with one attached hydrogen (secondary N) is 1. The molecule has 2 aromatic heterocycles. The summed E-state index contributed by atoms with van der Waals surface area (Å²) in [7, 11) is 0. The minimum absolute atomic E-state index is 0.0518. The summed E-state index contributed by atoms with van der Waals surface area (Å²) in [6, 6.07) is 0. The van der Waals surface area contributed by atoms with Gasteiger partial charge in [-0.05, 0) is 98.1 Å². The summed E-state index contributed by atoms with van der Waals surface area (Å²) < 4.78 is 8.21. The third-order valence-corrected chi connectivity index (χ3v) is 8.60. The highest BCUT2D eigenvalue weighted by Gasteiger charge is 2.50. The Kier molecular flexibility index (Phi) is 4.52. The van der Waals surface area contributed by atoms with E-state index in [0.29, 0.717) is 17.8 Å². The fourth-order valence-corrected chi connectivity index (χ4v) is 6.61. The van der Waals surface area contributed by atoms with Crippen LogP contribution in [0, 0.1) is 40.6 Å². The van der Waals surface area contributed by atoms with Crippen molar-refractivity contribution in [2.75, 3.05) is 6.54 Å². The van der Waals surface area contributed by atoms with E-state index in [1.54, 1.807) is 0 Å². The second kappa shape index (κ2) is 6.81. The highest BCUT2D eigenvalue weighted by atomic mass is 127. The van der Waals surface area contributed by atoms with Crippen LogP contribution in [0.5, 0.6) is 0 Å². The predicted octanol–water partition coefficient (Wildman–Crippen LogP) is 3.48. The number of rotatable bonds is 5. The van der Waals surface area contributed by atoms with Crippen molar-refractivity contribution in [1.29, 1.82) is 0 Å². The van der Waals surface area contributed by atoms with Gasteiger partial charge in [0.15, 0.2) is 5.82 Å². The van der Waals surface area contributed by atoms with Crippen LogP contribution in [-0.2, 0) is 6.54 Å². The summed E-state index contributed by atoms with van der Waals surface area (Å²) in [5.41, 5.74) is 2.35. The van der Waals surface area contributed by atoms with Gasteiger partial charge in [-0.15, -0.1) is 0 Å². The quantitative estimate of drug-likeness (QED) is 0.643. The molecule has 0 radical (unpaired) electrons. The zero-order valence-corrected chi connectivity index (χ0v) is 18.5. The van der Waals surface area contributed by atoms with Crippen LogP contribution in [0.4, 0.5) is 0 Å². The zero-order chi connectivity index (χ0) is 19.5. The van der Waals surface area contributed by atoms with E-state index in [0.717, 1.165) is 39.3 Å². The molecule has 4 aliphatic carbocycles. The molecule has 150 valence electrons. The third kappa shape index (κ3) is 3.27. The van der Waals surface area contributed by atoms with Gasteiger partial charge in [-0.2, -0.15) is 10.1 Å². The predicted molar refractivity (Wildman–Crippen MR) is 111 cm³/mol. The number of aryl methyl sites for hydroxylation is 1. The molecule has 8 heteroatoms. The van der Waals surface area contributed by atoms with Gasteiger partial charge in [-0.25, -0.2) is 0 Å². The fourth-order valence-electron chi connectivity index (χ4n) is 6.22. The first-order valence-electron chi connectivity index (χ1n) is 10.2. The summed E-state index contributed by atoms with van der Waals surface area (Å²) >= 11 is 2.28. The molecule has 4 aliphatic rings. The van der Waals surface area contributed by atoms with Crippen molar-refractivity contribution in [3.63, 3.8) is 0 Å². The Morgan fingerprint density at radius 2 is 1.86 bits per heavy atom. The van der Waals surface area contributed by atoms with Gasteiger partial charge in [0.25, 0.3) is 0 Å². The molecular weight excluding hydrogens is 469 g/mol. The minimum atomic E-state index is -0.252. The van der Waals surface area contributed by atoms with Crippen molar-refractivity contribution < 1.29 is 9.32 Å². The molecule has 1 amide bonds. The van der Waals surface area contributed by atoms with Crippen LogP contribution < -0.4 is 5.32 Å². The van der Waals surface area contributed by atoms with Gasteiger partial charge >= 0.3 is 11.8 Å². The van der Waals surface area contributed by atoms with Crippen molar-refractivity contribution in [1.82, 2.24) is 25.2 Å². The van der Waals surface area contributed by atoms with Crippen LogP contribution in [0.25, 0.3) is 0 Å². The molecule has 0 unspecified atom stereocenters. The molecule has 4 bridgehead atoms. The Hall–Kier alpha value is -1.45. The van der Waals surface area contributed by atoms with E-state index in [9.17, 15) is 4.79 Å². The Bertz CT molecular complexity index is 883. The average molecular weight is 495 g/mol. The average Bonchev–Trinajstić information content (AvgIpc) is 3.20. The Labute approximate surface area is 178 Å². The maximum Gasteiger partial charge on any atom is 0.316 e. The molecule has 0 saturated heterocycles. The number of carbonyl (C=O) groups is 1. The monoisotopic (exact) mass is 495 g/mol. The molecule has 0 aliphatic heterocycles. The van der Waals surface area contributed by atoms with E-state index in [2.05, 4.69) is 43.1 Å². The van der Waals surface area contributed by atoms with E-state index in [1.165, 1.54) is 38.5 Å². The van der Waals surface area contributed by atoms with Crippen molar-refractivity contribution in [2.45, 2.75) is 58.9 Å². The Morgan fingerprint density at radius 3 is 2.43 bits per heavy atom. The second-order valence-electron chi connectivity index (χ2n) is 9.26. The topological polar surface area (TPSA) is 85.8 Å². The largest absolute Gasteiger partial charge is 0.347 e. The fraction of sp³-hybridized carbons (Fsp3) is 0.700. The maximum absolute atomic E-state index is 12.6. The molecule has 4 saturated carbocycles. The van der Waals surface area contributed by atoms with Gasteiger partial charge in [0.1, 0.15) is 6.54 Å². The molecule has 0 atom stereocenters. The van der Waals surface area contributed by atoms with Crippen LogP contribution in [0.2, 0.25) is 0 Å². The number of nitrogens with zero attached hydrogens (tertiary/aromatic N) is 4. The van der Waals surface area contributed by atoms with E-state index in [1.807, 2.05) is 18.5 Å². The molecule has 2 aromatic rings. The van der Waals surface area contributed by atoms with Crippen LogP contribution in [0.3, 0.4) is 0 Å². The van der Waals surface area contributed by atoms with E-state index >= 15 is 0 Å². The standard InChI is InChI=1S/C20H26IN5O2/c1-11-17(21)12(2)26(24-11)9-16-23-19(28-25-16)18(27)22-10-20-6-13-3-14(7-20)5-15(4-13)8-20/h13-15H,3-10H2,1-2H3,(H,22,27). The van der Waals surface area contributed by atoms with E-state index in [-0.39, 0.29) is 11.8 Å². The molecule has 1 N–H and O–H groups in total. The molecule has 0 spiro atoms. The van der Waals surface area contributed by atoms with Crippen LogP contribution >= 0.6 is 22.6 Å². The van der Waals surface area contributed by atoms with Gasteiger partial charge in [0, 0.05) is 12.2 Å².